The molecule has 36 heavy (non-hydrogen) atoms. The average molecular weight is 519 g/mol. The molecule has 10 heteroatoms. The van der Waals surface area contributed by atoms with E-state index in [1.54, 1.807) is 49.4 Å². The number of carbonyl (C=O) groups excluding carboxylic acids is 2. The van der Waals surface area contributed by atoms with Crippen LogP contribution in [0.25, 0.3) is 0 Å². The highest BCUT2D eigenvalue weighted by molar-refractivity contribution is 7.90. The molecule has 2 aromatic carbocycles. The lowest BCUT2D eigenvalue weighted by Gasteiger charge is -2.33. The summed E-state index contributed by atoms with van der Waals surface area (Å²) in [7, 11) is -1.21. The van der Waals surface area contributed by atoms with Gasteiger partial charge in [0.1, 0.15) is 18.4 Å². The van der Waals surface area contributed by atoms with E-state index in [0.717, 1.165) is 40.7 Å². The lowest BCUT2D eigenvalue weighted by Crippen LogP contribution is -2.53. The van der Waals surface area contributed by atoms with Gasteiger partial charge in [0.05, 0.1) is 5.69 Å². The molecule has 3 rings (SSSR count). The Morgan fingerprint density at radius 2 is 1.61 bits per heavy atom. The molecule has 0 radical (unpaired) electrons. The van der Waals surface area contributed by atoms with Gasteiger partial charge in [-0.2, -0.15) is 12.7 Å². The normalized spacial score (nSPS) is 15.4. The van der Waals surface area contributed by atoms with Gasteiger partial charge in [0.25, 0.3) is 0 Å². The Morgan fingerprint density at radius 3 is 2.19 bits per heavy atom. The number of para-hydroxylation sites is 1. The molecule has 0 unspecified atom stereocenters. The van der Waals surface area contributed by atoms with E-state index in [1.807, 2.05) is 0 Å². The third-order valence-electron chi connectivity index (χ3n) is 6.45. The molecule has 0 aliphatic heterocycles. The molecule has 0 heterocycles. The van der Waals surface area contributed by atoms with Crippen LogP contribution in [0.5, 0.6) is 0 Å². The third-order valence-corrected chi connectivity index (χ3v) is 8.27. The van der Waals surface area contributed by atoms with Gasteiger partial charge in [-0.15, -0.1) is 0 Å². The Balaban J connectivity index is 1.88. The summed E-state index contributed by atoms with van der Waals surface area (Å²) in [5, 5.41) is 3.05. The summed E-state index contributed by atoms with van der Waals surface area (Å²) in [5.74, 6) is -1.24. The highest BCUT2D eigenvalue weighted by Crippen LogP contribution is 2.21. The summed E-state index contributed by atoms with van der Waals surface area (Å²) < 4.78 is 41.8. The zero-order valence-electron chi connectivity index (χ0n) is 21.1. The van der Waals surface area contributed by atoms with Gasteiger partial charge in [0.2, 0.25) is 11.8 Å². The molecule has 2 aromatic rings. The lowest BCUT2D eigenvalue weighted by atomic mass is 9.95. The first kappa shape index (κ1) is 27.6. The zero-order chi connectivity index (χ0) is 26.3. The van der Waals surface area contributed by atoms with Gasteiger partial charge < -0.3 is 10.2 Å². The quantitative estimate of drug-likeness (QED) is 0.523. The Kier molecular flexibility index (Phi) is 9.44. The predicted octanol–water partition coefficient (Wildman–Crippen LogP) is 3.30. The monoisotopic (exact) mass is 518 g/mol. The maximum atomic E-state index is 13.7. The molecule has 1 aliphatic carbocycles. The molecular weight excluding hydrogens is 483 g/mol. The van der Waals surface area contributed by atoms with Crippen LogP contribution >= 0.6 is 0 Å². The number of nitrogens with one attached hydrogen (secondary N) is 1. The minimum atomic E-state index is -4.00. The van der Waals surface area contributed by atoms with Crippen LogP contribution in [0.2, 0.25) is 0 Å². The topological polar surface area (TPSA) is 90.0 Å². The summed E-state index contributed by atoms with van der Waals surface area (Å²) in [4.78, 5) is 28.2. The molecule has 0 spiro atoms. The van der Waals surface area contributed by atoms with E-state index in [2.05, 4.69) is 5.32 Å². The third kappa shape index (κ3) is 7.04. The number of hydrogen-bond donors (Lipinski definition) is 1. The van der Waals surface area contributed by atoms with Gasteiger partial charge in [0.15, 0.2) is 0 Å². The molecule has 1 atom stereocenters. The molecule has 2 amide bonds. The molecule has 0 saturated heterocycles. The number of halogens is 1. The Morgan fingerprint density at radius 1 is 1.00 bits per heavy atom. The van der Waals surface area contributed by atoms with Crippen molar-refractivity contribution in [2.45, 2.75) is 57.7 Å². The zero-order valence-corrected chi connectivity index (χ0v) is 21.9. The van der Waals surface area contributed by atoms with Gasteiger partial charge in [-0.25, -0.2) is 8.70 Å². The number of hydrogen-bond acceptors (Lipinski definition) is 4. The van der Waals surface area contributed by atoms with Gasteiger partial charge in [-0.05, 0) is 49.6 Å². The first-order valence-electron chi connectivity index (χ1n) is 12.2. The lowest BCUT2D eigenvalue weighted by molar-refractivity contribution is -0.139. The van der Waals surface area contributed by atoms with E-state index in [1.165, 1.54) is 31.1 Å². The van der Waals surface area contributed by atoms with Gasteiger partial charge in [0, 0.05) is 26.7 Å². The number of benzene rings is 2. The van der Waals surface area contributed by atoms with E-state index in [0.29, 0.717) is 11.3 Å². The second-order valence-electron chi connectivity index (χ2n) is 9.30. The van der Waals surface area contributed by atoms with Crippen LogP contribution in [0.4, 0.5) is 10.1 Å². The van der Waals surface area contributed by atoms with E-state index in [4.69, 9.17) is 0 Å². The molecule has 0 bridgehead atoms. The molecule has 196 valence electrons. The van der Waals surface area contributed by atoms with Crippen LogP contribution in [-0.2, 0) is 26.3 Å². The Labute approximate surface area is 213 Å². The fourth-order valence-corrected chi connectivity index (χ4v) is 5.30. The van der Waals surface area contributed by atoms with Gasteiger partial charge in [-0.3, -0.25) is 9.59 Å². The van der Waals surface area contributed by atoms with Gasteiger partial charge >= 0.3 is 10.2 Å². The van der Waals surface area contributed by atoms with Crippen molar-refractivity contribution in [3.8, 4) is 0 Å². The van der Waals surface area contributed by atoms with Crippen LogP contribution in [-0.4, -0.2) is 62.2 Å². The fraction of sp³-hybridized carbons (Fsp3) is 0.462. The number of nitrogens with zero attached hydrogens (tertiary/aromatic N) is 3. The van der Waals surface area contributed by atoms with Crippen LogP contribution in [0.1, 0.15) is 44.6 Å². The standard InChI is InChI=1S/C26H35FN4O4S/c1-20(26(33)28-23-10-6-4-7-11-23)30(18-21-14-16-22(27)17-15-21)25(32)19-31(36(34,35)29(2)3)24-12-8-5-9-13-24/h5,8-9,12-17,20,23H,4,6-7,10-11,18-19H2,1-3H3,(H,28,33)/t20-/m1/s1. The molecular formula is C26H35FN4O4S. The SMILES string of the molecule is C[C@H](C(=O)NC1CCCCC1)N(Cc1ccc(F)cc1)C(=O)CN(c1ccccc1)S(=O)(=O)N(C)C. The number of anilines is 1. The van der Waals surface area contributed by atoms with Crippen molar-refractivity contribution >= 4 is 27.7 Å². The molecule has 1 aliphatic rings. The van der Waals surface area contributed by atoms with Gasteiger partial charge in [-0.1, -0.05) is 49.6 Å². The summed E-state index contributed by atoms with van der Waals surface area (Å²) in [6.07, 6.45) is 5.03. The van der Waals surface area contributed by atoms with E-state index in [9.17, 15) is 22.4 Å². The molecule has 1 fully saturated rings. The fourth-order valence-electron chi connectivity index (χ4n) is 4.25. The minimum Gasteiger partial charge on any atom is -0.352 e. The van der Waals surface area contributed by atoms with E-state index < -0.39 is 34.5 Å². The average Bonchev–Trinajstić information content (AvgIpc) is 2.87. The molecule has 8 nitrogen and oxygen atoms in total. The predicted molar refractivity (Wildman–Crippen MR) is 138 cm³/mol. The van der Waals surface area contributed by atoms with Crippen molar-refractivity contribution < 1.29 is 22.4 Å². The molecule has 1 N–H and O–H groups in total. The van der Waals surface area contributed by atoms with Crippen molar-refractivity contribution in [1.29, 1.82) is 0 Å². The maximum Gasteiger partial charge on any atom is 0.304 e. The Bertz CT molecular complexity index is 1120. The summed E-state index contributed by atoms with van der Waals surface area (Å²) in [6.45, 7) is 1.17. The molecule has 1 saturated carbocycles. The largest absolute Gasteiger partial charge is 0.352 e. The van der Waals surface area contributed by atoms with Crippen molar-refractivity contribution in [2.75, 3.05) is 24.9 Å². The second kappa shape index (κ2) is 12.3. The second-order valence-corrected chi connectivity index (χ2v) is 11.4. The van der Waals surface area contributed by atoms with E-state index in [-0.39, 0.29) is 18.5 Å². The van der Waals surface area contributed by atoms with Crippen molar-refractivity contribution in [2.24, 2.45) is 0 Å². The highest BCUT2D eigenvalue weighted by atomic mass is 32.2. The first-order chi connectivity index (χ1) is 17.1. The minimum absolute atomic E-state index is 0.0308. The van der Waals surface area contributed by atoms with E-state index >= 15 is 0 Å². The summed E-state index contributed by atoms with van der Waals surface area (Å²) in [6, 6.07) is 13.2. The Hall–Kier alpha value is -2.98. The number of carbonyl (C=O) groups is 2. The van der Waals surface area contributed by atoms with Crippen LogP contribution in [0.15, 0.2) is 54.6 Å². The van der Waals surface area contributed by atoms with Crippen LogP contribution in [0.3, 0.4) is 0 Å². The van der Waals surface area contributed by atoms with Crippen molar-refractivity contribution in [1.82, 2.24) is 14.5 Å². The summed E-state index contributed by atoms with van der Waals surface area (Å²) >= 11 is 0. The van der Waals surface area contributed by atoms with Crippen LogP contribution < -0.4 is 9.62 Å². The van der Waals surface area contributed by atoms with Crippen molar-refractivity contribution in [3.63, 3.8) is 0 Å². The number of rotatable bonds is 10. The highest BCUT2D eigenvalue weighted by Gasteiger charge is 2.33. The first-order valence-corrected chi connectivity index (χ1v) is 13.6. The van der Waals surface area contributed by atoms with Crippen LogP contribution in [0, 0.1) is 5.82 Å². The number of amides is 2. The van der Waals surface area contributed by atoms with Crippen molar-refractivity contribution in [3.05, 3.63) is 66.0 Å². The summed E-state index contributed by atoms with van der Waals surface area (Å²) in [5.41, 5.74) is 0.962. The maximum absolute atomic E-state index is 13.7. The molecule has 0 aromatic heterocycles. The smallest absolute Gasteiger partial charge is 0.304 e.